The lowest BCUT2D eigenvalue weighted by Gasteiger charge is -2.38. The normalized spacial score (nSPS) is 29.1. The Morgan fingerprint density at radius 3 is 1.83 bits per heavy atom. The summed E-state index contributed by atoms with van der Waals surface area (Å²) >= 11 is 0. The van der Waals surface area contributed by atoms with Gasteiger partial charge in [-0.3, -0.25) is 0 Å². The molecule has 42 heavy (non-hydrogen) atoms. The Morgan fingerprint density at radius 1 is 0.571 bits per heavy atom. The van der Waals surface area contributed by atoms with E-state index in [0.29, 0.717) is 28.2 Å². The molecule has 0 unspecified atom stereocenters. The molecule has 230 valence electrons. The molecule has 3 fully saturated rings. The third kappa shape index (κ3) is 6.10. The van der Waals surface area contributed by atoms with Crippen LogP contribution in [0.25, 0.3) is 22.3 Å². The molecule has 2 aromatic carbocycles. The van der Waals surface area contributed by atoms with Gasteiger partial charge in [0.1, 0.15) is 5.82 Å². The van der Waals surface area contributed by atoms with Crippen LogP contribution in [0.15, 0.2) is 18.2 Å². The lowest BCUT2D eigenvalue weighted by molar-refractivity contribution is 0.155. The van der Waals surface area contributed by atoms with E-state index in [0.717, 1.165) is 74.7 Å². The quantitative estimate of drug-likeness (QED) is 0.210. The van der Waals surface area contributed by atoms with Gasteiger partial charge in [0.05, 0.1) is 0 Å². The molecule has 0 radical (unpaired) electrons. The number of benzene rings is 2. The summed E-state index contributed by atoms with van der Waals surface area (Å²) in [7, 11) is 0. The SMILES string of the molecule is CCCCCCCCC1CCC(C2CCC(c3cc4c(c(F)c3F)-c3c-4ccc(C4CCC(C)CC4)c3F)CC2)CC1. The Kier molecular flexibility index (Phi) is 9.71. The number of hydrogen-bond donors (Lipinski definition) is 0. The molecule has 0 saturated heterocycles. The number of hydrogen-bond acceptors (Lipinski definition) is 0. The first kappa shape index (κ1) is 30.3. The van der Waals surface area contributed by atoms with Gasteiger partial charge < -0.3 is 0 Å². The van der Waals surface area contributed by atoms with Crippen LogP contribution in [0.5, 0.6) is 0 Å². The highest BCUT2D eigenvalue weighted by Gasteiger charge is 2.38. The van der Waals surface area contributed by atoms with E-state index in [-0.39, 0.29) is 23.2 Å². The fourth-order valence-electron chi connectivity index (χ4n) is 9.35. The summed E-state index contributed by atoms with van der Waals surface area (Å²) < 4.78 is 46.9. The fourth-order valence-corrected chi connectivity index (χ4v) is 9.35. The van der Waals surface area contributed by atoms with Gasteiger partial charge in [0.25, 0.3) is 0 Å². The minimum absolute atomic E-state index is 0.0718. The molecule has 0 N–H and O–H groups in total. The van der Waals surface area contributed by atoms with E-state index in [1.54, 1.807) is 0 Å². The molecule has 0 bridgehead atoms. The molecular formula is C39H53F3. The Balaban J connectivity index is 1.04. The highest BCUT2D eigenvalue weighted by molar-refractivity contribution is 6.03. The van der Waals surface area contributed by atoms with Gasteiger partial charge in [0.15, 0.2) is 11.6 Å². The Labute approximate surface area is 253 Å². The van der Waals surface area contributed by atoms with Crippen LogP contribution in [0.4, 0.5) is 13.2 Å². The summed E-state index contributed by atoms with van der Waals surface area (Å²) in [5.74, 6) is 1.57. The van der Waals surface area contributed by atoms with Crippen LogP contribution in [-0.2, 0) is 0 Å². The van der Waals surface area contributed by atoms with Crippen LogP contribution in [0.1, 0.15) is 159 Å². The zero-order valence-corrected chi connectivity index (χ0v) is 26.3. The van der Waals surface area contributed by atoms with Crippen LogP contribution in [-0.4, -0.2) is 0 Å². The summed E-state index contributed by atoms with van der Waals surface area (Å²) in [4.78, 5) is 0. The van der Waals surface area contributed by atoms with Crippen LogP contribution in [0.3, 0.4) is 0 Å². The highest BCUT2D eigenvalue weighted by Crippen LogP contribution is 2.55. The second kappa shape index (κ2) is 13.5. The van der Waals surface area contributed by atoms with Crippen LogP contribution < -0.4 is 0 Å². The molecule has 4 aliphatic rings. The lowest BCUT2D eigenvalue weighted by Crippen LogP contribution is -2.26. The second-order valence-corrected chi connectivity index (χ2v) is 14.8. The first-order valence-electron chi connectivity index (χ1n) is 17.8. The zero-order valence-electron chi connectivity index (χ0n) is 26.3. The van der Waals surface area contributed by atoms with Crippen molar-refractivity contribution in [1.29, 1.82) is 0 Å². The summed E-state index contributed by atoms with van der Waals surface area (Å²) in [6.45, 7) is 4.54. The van der Waals surface area contributed by atoms with Gasteiger partial charge in [0.2, 0.25) is 0 Å². The number of fused-ring (bicyclic) bond motifs is 4. The van der Waals surface area contributed by atoms with E-state index in [1.807, 2.05) is 18.2 Å². The van der Waals surface area contributed by atoms with Gasteiger partial charge in [-0.05, 0) is 115 Å². The predicted octanol–water partition coefficient (Wildman–Crippen LogP) is 12.9. The summed E-state index contributed by atoms with van der Waals surface area (Å²) in [5, 5.41) is 0. The van der Waals surface area contributed by atoms with Gasteiger partial charge in [-0.15, -0.1) is 0 Å². The molecule has 0 aromatic heterocycles. The van der Waals surface area contributed by atoms with Gasteiger partial charge in [-0.25, -0.2) is 13.2 Å². The van der Waals surface area contributed by atoms with Gasteiger partial charge in [-0.1, -0.05) is 96.6 Å². The summed E-state index contributed by atoms with van der Waals surface area (Å²) in [6.07, 6.45) is 23.6. The largest absolute Gasteiger partial charge is 0.206 e. The lowest BCUT2D eigenvalue weighted by atomic mass is 9.67. The highest BCUT2D eigenvalue weighted by atomic mass is 19.2. The van der Waals surface area contributed by atoms with E-state index in [4.69, 9.17) is 0 Å². The van der Waals surface area contributed by atoms with Crippen molar-refractivity contribution in [3.8, 4) is 22.3 Å². The summed E-state index contributed by atoms with van der Waals surface area (Å²) in [5.41, 5.74) is 3.21. The Morgan fingerprint density at radius 2 is 1.14 bits per heavy atom. The molecular weight excluding hydrogens is 525 g/mol. The first-order chi connectivity index (χ1) is 20.5. The van der Waals surface area contributed by atoms with Crippen molar-refractivity contribution in [2.75, 3.05) is 0 Å². The molecule has 0 atom stereocenters. The molecule has 0 amide bonds. The average Bonchev–Trinajstić information content (AvgIpc) is 3.00. The van der Waals surface area contributed by atoms with E-state index < -0.39 is 11.6 Å². The van der Waals surface area contributed by atoms with Crippen molar-refractivity contribution in [2.45, 2.75) is 148 Å². The van der Waals surface area contributed by atoms with E-state index in [2.05, 4.69) is 13.8 Å². The van der Waals surface area contributed by atoms with Crippen molar-refractivity contribution in [3.63, 3.8) is 0 Å². The summed E-state index contributed by atoms with van der Waals surface area (Å²) in [6, 6.07) is 5.76. The molecule has 6 rings (SSSR count). The van der Waals surface area contributed by atoms with E-state index >= 15 is 13.2 Å². The molecule has 0 nitrogen and oxygen atoms in total. The van der Waals surface area contributed by atoms with Crippen LogP contribution in [0, 0.1) is 41.1 Å². The maximum absolute atomic E-state index is 15.7. The average molecular weight is 579 g/mol. The molecule has 0 heterocycles. The van der Waals surface area contributed by atoms with Crippen LogP contribution >= 0.6 is 0 Å². The maximum atomic E-state index is 15.7. The van der Waals surface area contributed by atoms with Crippen molar-refractivity contribution < 1.29 is 13.2 Å². The van der Waals surface area contributed by atoms with E-state index in [9.17, 15) is 0 Å². The van der Waals surface area contributed by atoms with Gasteiger partial charge >= 0.3 is 0 Å². The Bertz CT molecular complexity index is 1210. The van der Waals surface area contributed by atoms with E-state index in [1.165, 1.54) is 70.6 Å². The first-order valence-corrected chi connectivity index (χ1v) is 17.8. The zero-order chi connectivity index (χ0) is 29.2. The molecule has 3 heteroatoms. The van der Waals surface area contributed by atoms with Crippen molar-refractivity contribution in [2.24, 2.45) is 23.7 Å². The molecule has 3 saturated carbocycles. The van der Waals surface area contributed by atoms with Crippen LogP contribution in [0.2, 0.25) is 0 Å². The third-order valence-corrected chi connectivity index (χ3v) is 12.1. The minimum Gasteiger partial charge on any atom is -0.206 e. The fraction of sp³-hybridized carbons (Fsp3) is 0.692. The molecule has 0 spiro atoms. The predicted molar refractivity (Wildman–Crippen MR) is 169 cm³/mol. The Hall–Kier alpha value is -1.77. The van der Waals surface area contributed by atoms with Crippen molar-refractivity contribution >= 4 is 0 Å². The second-order valence-electron chi connectivity index (χ2n) is 14.8. The maximum Gasteiger partial charge on any atom is 0.167 e. The third-order valence-electron chi connectivity index (χ3n) is 12.1. The molecule has 0 aliphatic heterocycles. The number of halogens is 3. The molecule has 2 aromatic rings. The van der Waals surface area contributed by atoms with Gasteiger partial charge in [-0.2, -0.15) is 0 Å². The monoisotopic (exact) mass is 578 g/mol. The topological polar surface area (TPSA) is 0 Å². The number of rotatable bonds is 10. The van der Waals surface area contributed by atoms with Crippen molar-refractivity contribution in [1.82, 2.24) is 0 Å². The molecule has 4 aliphatic carbocycles. The number of unbranched alkanes of at least 4 members (excludes halogenated alkanes) is 5. The standard InChI is InChI=1S/C39H53F3/c1-3-4-5-6-7-8-9-26-12-16-27(17-13-26)28-18-20-30(21-19-28)33-24-34-32-23-22-31(29-14-10-25(2)11-15-29)37(40)35(32)36(34)39(42)38(33)41/h22-30H,3-21H2,1-2H3. The minimum atomic E-state index is -0.825. The van der Waals surface area contributed by atoms with Crippen molar-refractivity contribution in [3.05, 3.63) is 46.8 Å². The smallest absolute Gasteiger partial charge is 0.167 e. The van der Waals surface area contributed by atoms with Gasteiger partial charge in [0, 0.05) is 11.1 Å².